The second-order valence-corrected chi connectivity index (χ2v) is 7.05. The van der Waals surface area contributed by atoms with Crippen LogP contribution < -0.4 is 10.6 Å². The van der Waals surface area contributed by atoms with Gasteiger partial charge in [-0.25, -0.2) is 9.97 Å². The minimum absolute atomic E-state index is 0.759. The third kappa shape index (κ3) is 2.52. The molecule has 4 aromatic rings. The van der Waals surface area contributed by atoms with Crippen molar-refractivity contribution < 1.29 is 4.74 Å². The van der Waals surface area contributed by atoms with E-state index in [-0.39, 0.29) is 0 Å². The van der Waals surface area contributed by atoms with Gasteiger partial charge in [0, 0.05) is 30.5 Å². The van der Waals surface area contributed by atoms with Crippen LogP contribution in [0.4, 0.5) is 11.5 Å². The molecule has 1 fully saturated rings. The number of nitrogens with zero attached hydrogens (tertiary/aromatic N) is 4. The molecule has 0 radical (unpaired) electrons. The number of ether oxygens (including phenoxy) is 1. The first-order valence-corrected chi connectivity index (χ1v) is 9.07. The Kier molecular flexibility index (Phi) is 3.36. The van der Waals surface area contributed by atoms with Crippen LogP contribution in [0, 0.1) is 0 Å². The van der Waals surface area contributed by atoms with E-state index in [1.807, 2.05) is 24.3 Å². The van der Waals surface area contributed by atoms with E-state index in [1.165, 1.54) is 0 Å². The zero-order valence-corrected chi connectivity index (χ0v) is 14.4. The molecule has 0 bridgehead atoms. The van der Waals surface area contributed by atoms with Crippen LogP contribution in [0.2, 0.25) is 0 Å². The number of rotatable bonds is 2. The van der Waals surface area contributed by atoms with Crippen LogP contribution in [0.3, 0.4) is 0 Å². The van der Waals surface area contributed by atoms with Crippen LogP contribution >= 0.6 is 11.3 Å². The molecule has 0 spiro atoms. The van der Waals surface area contributed by atoms with Gasteiger partial charge in [0.25, 0.3) is 0 Å². The quantitative estimate of drug-likeness (QED) is 0.562. The summed E-state index contributed by atoms with van der Waals surface area (Å²) in [4.78, 5) is 13.8. The maximum absolute atomic E-state index is 5.77. The number of nitrogens with two attached hydrogens (primary N) is 1. The van der Waals surface area contributed by atoms with Crippen molar-refractivity contribution in [2.24, 2.45) is 0 Å². The first kappa shape index (κ1) is 14.7. The van der Waals surface area contributed by atoms with E-state index in [1.54, 1.807) is 11.3 Å². The number of anilines is 2. The number of hydrogen-bond donors (Lipinski definition) is 1. The fourth-order valence-corrected chi connectivity index (χ4v) is 4.11. The van der Waals surface area contributed by atoms with Gasteiger partial charge in [-0.2, -0.15) is 0 Å². The topological polar surface area (TPSA) is 68.7 Å². The van der Waals surface area contributed by atoms with Gasteiger partial charge in [-0.15, -0.1) is 0 Å². The normalized spacial score (nSPS) is 15.3. The van der Waals surface area contributed by atoms with Crippen molar-refractivity contribution in [2.75, 3.05) is 36.9 Å². The standard InChI is InChI=1S/C18H17N5OS/c19-13-3-1-12(2-4-13)14-11-23-15-5-6-16(22-7-9-24-10-8-22)21-17(15)25-18(23)20-14/h1-6,11H,7-10,19H2. The maximum Gasteiger partial charge on any atom is 0.196 e. The predicted octanol–water partition coefficient (Wildman–Crippen LogP) is 3.03. The summed E-state index contributed by atoms with van der Waals surface area (Å²) in [6.07, 6.45) is 2.07. The van der Waals surface area contributed by atoms with E-state index < -0.39 is 0 Å². The number of thiazole rings is 1. The van der Waals surface area contributed by atoms with Gasteiger partial charge in [-0.05, 0) is 24.3 Å². The summed E-state index contributed by atoms with van der Waals surface area (Å²) < 4.78 is 7.53. The molecule has 0 saturated carbocycles. The lowest BCUT2D eigenvalue weighted by molar-refractivity contribution is 0.122. The van der Waals surface area contributed by atoms with Gasteiger partial charge in [0.05, 0.1) is 24.4 Å². The van der Waals surface area contributed by atoms with E-state index >= 15 is 0 Å². The molecule has 2 N–H and O–H groups in total. The smallest absolute Gasteiger partial charge is 0.196 e. The summed E-state index contributed by atoms with van der Waals surface area (Å²) in [5.41, 5.74) is 9.63. The Hall–Kier alpha value is -2.64. The molecule has 3 aromatic heterocycles. The lowest BCUT2D eigenvalue weighted by atomic mass is 10.1. The Morgan fingerprint density at radius 3 is 2.60 bits per heavy atom. The average Bonchev–Trinajstić information content (AvgIpc) is 3.20. The van der Waals surface area contributed by atoms with Crippen molar-refractivity contribution in [3.63, 3.8) is 0 Å². The molecule has 4 heterocycles. The fourth-order valence-electron chi connectivity index (χ4n) is 3.14. The van der Waals surface area contributed by atoms with Crippen LogP contribution in [-0.4, -0.2) is 40.7 Å². The molecule has 1 aliphatic heterocycles. The van der Waals surface area contributed by atoms with Crippen molar-refractivity contribution in [1.82, 2.24) is 14.4 Å². The Morgan fingerprint density at radius 1 is 1.00 bits per heavy atom. The molecule has 0 atom stereocenters. The molecule has 0 amide bonds. The second kappa shape index (κ2) is 5.72. The number of fused-ring (bicyclic) bond motifs is 3. The molecule has 7 heteroatoms. The van der Waals surface area contributed by atoms with E-state index in [0.29, 0.717) is 0 Å². The Morgan fingerprint density at radius 2 is 1.80 bits per heavy atom. The number of benzene rings is 1. The van der Waals surface area contributed by atoms with Gasteiger partial charge in [-0.1, -0.05) is 23.5 Å². The molecule has 5 rings (SSSR count). The zero-order valence-electron chi connectivity index (χ0n) is 13.6. The van der Waals surface area contributed by atoms with Crippen molar-refractivity contribution in [3.8, 4) is 11.3 Å². The summed E-state index contributed by atoms with van der Waals surface area (Å²) in [7, 11) is 0. The fraction of sp³-hybridized carbons (Fsp3) is 0.222. The average molecular weight is 351 g/mol. The first-order chi connectivity index (χ1) is 12.3. The summed E-state index contributed by atoms with van der Waals surface area (Å²) in [6, 6.07) is 12.0. The predicted molar refractivity (Wildman–Crippen MR) is 101 cm³/mol. The molecule has 1 aliphatic rings. The number of hydrogen-bond acceptors (Lipinski definition) is 6. The van der Waals surface area contributed by atoms with Gasteiger partial charge in [0.15, 0.2) is 4.96 Å². The van der Waals surface area contributed by atoms with E-state index in [0.717, 1.165) is 64.4 Å². The molecule has 1 saturated heterocycles. The molecule has 0 unspecified atom stereocenters. The molecule has 6 nitrogen and oxygen atoms in total. The number of nitrogen functional groups attached to an aromatic ring is 1. The van der Waals surface area contributed by atoms with E-state index in [2.05, 4.69) is 27.6 Å². The zero-order chi connectivity index (χ0) is 16.8. The van der Waals surface area contributed by atoms with Gasteiger partial charge < -0.3 is 15.4 Å². The van der Waals surface area contributed by atoms with Crippen molar-refractivity contribution in [1.29, 1.82) is 0 Å². The SMILES string of the molecule is Nc1ccc(-c2cn3c(n2)sc2nc(N4CCOCC4)ccc23)cc1. The summed E-state index contributed by atoms with van der Waals surface area (Å²) in [5, 5.41) is 0. The molecular formula is C18H17N5OS. The summed E-state index contributed by atoms with van der Waals surface area (Å²) in [5.74, 6) is 1.01. The van der Waals surface area contributed by atoms with Gasteiger partial charge in [0.1, 0.15) is 10.6 Å². The van der Waals surface area contributed by atoms with Gasteiger partial charge in [-0.3, -0.25) is 4.40 Å². The Bertz CT molecular complexity index is 1050. The molecule has 1 aromatic carbocycles. The highest BCUT2D eigenvalue weighted by atomic mass is 32.1. The van der Waals surface area contributed by atoms with Crippen molar-refractivity contribution in [3.05, 3.63) is 42.6 Å². The lowest BCUT2D eigenvalue weighted by Gasteiger charge is -2.27. The summed E-state index contributed by atoms with van der Waals surface area (Å²) in [6.45, 7) is 3.31. The van der Waals surface area contributed by atoms with Gasteiger partial charge >= 0.3 is 0 Å². The minimum Gasteiger partial charge on any atom is -0.399 e. The summed E-state index contributed by atoms with van der Waals surface area (Å²) >= 11 is 1.62. The highest BCUT2D eigenvalue weighted by Crippen LogP contribution is 2.30. The number of imidazole rings is 1. The van der Waals surface area contributed by atoms with Crippen LogP contribution in [0.25, 0.3) is 26.6 Å². The van der Waals surface area contributed by atoms with E-state index in [9.17, 15) is 0 Å². The minimum atomic E-state index is 0.759. The second-order valence-electron chi connectivity index (χ2n) is 6.10. The van der Waals surface area contributed by atoms with Crippen molar-refractivity contribution >= 4 is 38.2 Å². The van der Waals surface area contributed by atoms with Crippen LogP contribution in [0.1, 0.15) is 0 Å². The van der Waals surface area contributed by atoms with Gasteiger partial charge in [0.2, 0.25) is 0 Å². The monoisotopic (exact) mass is 351 g/mol. The number of morpholine rings is 1. The molecule has 25 heavy (non-hydrogen) atoms. The molecule has 126 valence electrons. The first-order valence-electron chi connectivity index (χ1n) is 8.25. The van der Waals surface area contributed by atoms with Crippen LogP contribution in [0.5, 0.6) is 0 Å². The Labute approximate surface area is 148 Å². The highest BCUT2D eigenvalue weighted by molar-refractivity contribution is 7.23. The number of aromatic nitrogens is 3. The van der Waals surface area contributed by atoms with Crippen LogP contribution in [0.15, 0.2) is 42.6 Å². The Balaban J connectivity index is 1.55. The maximum atomic E-state index is 5.77. The third-order valence-corrected chi connectivity index (χ3v) is 5.45. The molecule has 0 aliphatic carbocycles. The number of pyridine rings is 1. The third-order valence-electron chi connectivity index (χ3n) is 4.49. The molecular weight excluding hydrogens is 334 g/mol. The van der Waals surface area contributed by atoms with Crippen LogP contribution in [-0.2, 0) is 4.74 Å². The lowest BCUT2D eigenvalue weighted by Crippen LogP contribution is -2.36. The largest absolute Gasteiger partial charge is 0.399 e. The highest BCUT2D eigenvalue weighted by Gasteiger charge is 2.16. The van der Waals surface area contributed by atoms with E-state index in [4.69, 9.17) is 20.4 Å². The van der Waals surface area contributed by atoms with Crippen molar-refractivity contribution in [2.45, 2.75) is 0 Å².